The topological polar surface area (TPSA) is 39.7 Å². The zero-order valence-electron chi connectivity index (χ0n) is 13.7. The summed E-state index contributed by atoms with van der Waals surface area (Å²) in [6, 6.07) is 0.620. The van der Waals surface area contributed by atoms with E-state index >= 15 is 0 Å². The fraction of sp³-hybridized carbons (Fsp3) is 0.812. The highest BCUT2D eigenvalue weighted by molar-refractivity contribution is 14.0. The molecule has 4 nitrogen and oxygen atoms in total. The number of nitrogens with one attached hydrogen (secondary N) is 2. The van der Waals surface area contributed by atoms with Gasteiger partial charge in [-0.05, 0) is 39.3 Å². The Morgan fingerprint density at radius 3 is 2.81 bits per heavy atom. The maximum absolute atomic E-state index is 4.74. The molecule has 0 bridgehead atoms. The van der Waals surface area contributed by atoms with Crippen LogP contribution >= 0.6 is 24.0 Å². The fourth-order valence-electron chi connectivity index (χ4n) is 2.63. The summed E-state index contributed by atoms with van der Waals surface area (Å²) in [7, 11) is 0. The summed E-state index contributed by atoms with van der Waals surface area (Å²) >= 11 is 0. The lowest BCUT2D eigenvalue weighted by Crippen LogP contribution is -2.43. The van der Waals surface area contributed by atoms with Crippen LogP contribution in [0.5, 0.6) is 0 Å². The summed E-state index contributed by atoms with van der Waals surface area (Å²) < 4.78 is 0. The van der Waals surface area contributed by atoms with Crippen molar-refractivity contribution in [2.24, 2.45) is 4.99 Å². The number of hydrogen-bond donors (Lipinski definition) is 2. The first-order valence-corrected chi connectivity index (χ1v) is 8.18. The van der Waals surface area contributed by atoms with Gasteiger partial charge in [0.15, 0.2) is 5.96 Å². The lowest BCUT2D eigenvalue weighted by molar-refractivity contribution is 0.151. The van der Waals surface area contributed by atoms with Crippen molar-refractivity contribution < 1.29 is 0 Å². The quantitative estimate of drug-likeness (QED) is 0.281. The molecule has 21 heavy (non-hydrogen) atoms. The Hall–Kier alpha value is -0.300. The van der Waals surface area contributed by atoms with Gasteiger partial charge in [0, 0.05) is 19.1 Å². The molecule has 0 radical (unpaired) electrons. The molecule has 124 valence electrons. The van der Waals surface area contributed by atoms with Gasteiger partial charge >= 0.3 is 0 Å². The Kier molecular flexibility index (Phi) is 13.2. The summed E-state index contributed by atoms with van der Waals surface area (Å²) in [5.74, 6) is 0.911. The normalized spacial score (nSPS) is 19.7. The van der Waals surface area contributed by atoms with Crippen LogP contribution in [0.3, 0.4) is 0 Å². The Morgan fingerprint density at radius 2 is 2.14 bits per heavy atom. The predicted molar refractivity (Wildman–Crippen MR) is 104 cm³/mol. The van der Waals surface area contributed by atoms with Crippen LogP contribution < -0.4 is 10.6 Å². The van der Waals surface area contributed by atoms with Crippen molar-refractivity contribution in [3.8, 4) is 0 Å². The van der Waals surface area contributed by atoms with E-state index in [4.69, 9.17) is 4.99 Å². The van der Waals surface area contributed by atoms with E-state index in [1.807, 2.05) is 6.08 Å². The van der Waals surface area contributed by atoms with Crippen molar-refractivity contribution in [2.75, 3.05) is 32.7 Å². The first kappa shape index (κ1) is 20.7. The van der Waals surface area contributed by atoms with Crippen molar-refractivity contribution in [3.05, 3.63) is 12.7 Å². The number of nitrogens with zero attached hydrogens (tertiary/aromatic N) is 2. The molecule has 1 fully saturated rings. The maximum Gasteiger partial charge on any atom is 0.191 e. The predicted octanol–water partition coefficient (Wildman–Crippen LogP) is 3.00. The summed E-state index contributed by atoms with van der Waals surface area (Å²) in [6.07, 6.45) is 8.41. The van der Waals surface area contributed by atoms with Crippen LogP contribution in [0, 0.1) is 0 Å². The van der Waals surface area contributed by atoms with E-state index in [9.17, 15) is 0 Å². The van der Waals surface area contributed by atoms with Crippen LogP contribution in [-0.4, -0.2) is 49.6 Å². The van der Waals surface area contributed by atoms with Gasteiger partial charge in [-0.3, -0.25) is 9.89 Å². The minimum atomic E-state index is 0. The monoisotopic (exact) mass is 408 g/mol. The molecule has 0 saturated carbocycles. The first-order valence-electron chi connectivity index (χ1n) is 8.18. The minimum Gasteiger partial charge on any atom is -0.357 e. The zero-order valence-corrected chi connectivity index (χ0v) is 16.1. The van der Waals surface area contributed by atoms with E-state index < -0.39 is 0 Å². The number of piperidine rings is 1. The van der Waals surface area contributed by atoms with Gasteiger partial charge in [0.05, 0.1) is 6.54 Å². The number of likely N-dealkylation sites (tertiary alicyclic amines) is 1. The number of hydrogen-bond acceptors (Lipinski definition) is 2. The second-order valence-electron chi connectivity index (χ2n) is 5.43. The highest BCUT2D eigenvalue weighted by atomic mass is 127. The van der Waals surface area contributed by atoms with E-state index in [1.54, 1.807) is 0 Å². The van der Waals surface area contributed by atoms with Gasteiger partial charge in [-0.15, -0.1) is 30.6 Å². The Bertz CT molecular complexity index is 294. The van der Waals surface area contributed by atoms with E-state index in [0.29, 0.717) is 6.04 Å². The Balaban J connectivity index is 0.00000400. The lowest BCUT2D eigenvalue weighted by atomic mass is 10.0. The molecule has 1 unspecified atom stereocenters. The van der Waals surface area contributed by atoms with Crippen LogP contribution in [0.4, 0.5) is 0 Å². The van der Waals surface area contributed by atoms with Crippen molar-refractivity contribution in [1.82, 2.24) is 15.5 Å². The third-order valence-electron chi connectivity index (χ3n) is 3.77. The lowest BCUT2D eigenvalue weighted by Gasteiger charge is -2.35. The second kappa shape index (κ2) is 13.4. The zero-order chi connectivity index (χ0) is 14.6. The molecule has 5 heteroatoms. The van der Waals surface area contributed by atoms with Crippen molar-refractivity contribution >= 4 is 29.9 Å². The SMILES string of the molecule is C=CCNC(=NCC1CCCCN1CCCC)NCC.I. The summed E-state index contributed by atoms with van der Waals surface area (Å²) in [4.78, 5) is 7.37. The van der Waals surface area contributed by atoms with Crippen LogP contribution in [-0.2, 0) is 0 Å². The summed E-state index contributed by atoms with van der Waals surface area (Å²) in [5.41, 5.74) is 0. The average molecular weight is 408 g/mol. The molecular formula is C16H33IN4. The van der Waals surface area contributed by atoms with Gasteiger partial charge in [-0.25, -0.2) is 0 Å². The van der Waals surface area contributed by atoms with Crippen molar-refractivity contribution in [1.29, 1.82) is 0 Å². The van der Waals surface area contributed by atoms with Crippen LogP contribution in [0.25, 0.3) is 0 Å². The van der Waals surface area contributed by atoms with E-state index in [0.717, 1.165) is 25.6 Å². The molecule has 2 N–H and O–H groups in total. The van der Waals surface area contributed by atoms with E-state index in [2.05, 4.69) is 36.0 Å². The summed E-state index contributed by atoms with van der Waals surface area (Å²) in [6.45, 7) is 13.1. The largest absolute Gasteiger partial charge is 0.357 e. The molecule has 0 aromatic rings. The molecule has 0 aromatic carbocycles. The van der Waals surface area contributed by atoms with Gasteiger partial charge in [-0.2, -0.15) is 0 Å². The summed E-state index contributed by atoms with van der Waals surface area (Å²) in [5, 5.41) is 6.56. The third-order valence-corrected chi connectivity index (χ3v) is 3.77. The number of rotatable bonds is 8. The molecule has 1 aliphatic rings. The minimum absolute atomic E-state index is 0. The second-order valence-corrected chi connectivity index (χ2v) is 5.43. The molecule has 1 atom stereocenters. The van der Waals surface area contributed by atoms with Crippen molar-refractivity contribution in [2.45, 2.75) is 52.0 Å². The van der Waals surface area contributed by atoms with Gasteiger partial charge in [-0.1, -0.05) is 25.8 Å². The van der Waals surface area contributed by atoms with Gasteiger partial charge in [0.25, 0.3) is 0 Å². The average Bonchev–Trinajstić information content (AvgIpc) is 2.48. The molecule has 0 amide bonds. The van der Waals surface area contributed by atoms with E-state index in [1.165, 1.54) is 45.2 Å². The standard InChI is InChI=1S/C16H32N4.HI/c1-4-7-12-20-13-9-8-10-15(20)14-19-16(17-6-3)18-11-5-2;/h5,15H,2,4,6-14H2,1,3H3,(H2,17,18,19);1H. The van der Waals surface area contributed by atoms with Gasteiger partial charge in [0.2, 0.25) is 0 Å². The van der Waals surface area contributed by atoms with Crippen LogP contribution in [0.15, 0.2) is 17.6 Å². The molecule has 0 spiro atoms. The van der Waals surface area contributed by atoms with E-state index in [-0.39, 0.29) is 24.0 Å². The molecule has 0 aromatic heterocycles. The van der Waals surface area contributed by atoms with Gasteiger partial charge in [0.1, 0.15) is 0 Å². The maximum atomic E-state index is 4.74. The molecule has 1 rings (SSSR count). The smallest absolute Gasteiger partial charge is 0.191 e. The number of unbranched alkanes of at least 4 members (excludes halogenated alkanes) is 1. The molecule has 0 aliphatic carbocycles. The molecule has 1 heterocycles. The molecule has 1 aliphatic heterocycles. The Morgan fingerprint density at radius 1 is 1.33 bits per heavy atom. The first-order chi connectivity index (χ1) is 9.81. The number of halogens is 1. The number of guanidine groups is 1. The van der Waals surface area contributed by atoms with Gasteiger partial charge < -0.3 is 10.6 Å². The molecular weight excluding hydrogens is 375 g/mol. The Labute approximate surface area is 147 Å². The number of aliphatic imine (C=N–C) groups is 1. The molecule has 1 saturated heterocycles. The van der Waals surface area contributed by atoms with Crippen LogP contribution in [0.1, 0.15) is 46.0 Å². The highest BCUT2D eigenvalue weighted by Crippen LogP contribution is 2.17. The third kappa shape index (κ3) is 8.66. The van der Waals surface area contributed by atoms with Crippen molar-refractivity contribution in [3.63, 3.8) is 0 Å². The highest BCUT2D eigenvalue weighted by Gasteiger charge is 2.21. The van der Waals surface area contributed by atoms with Crippen LogP contribution in [0.2, 0.25) is 0 Å². The fourth-order valence-corrected chi connectivity index (χ4v) is 2.63.